The largest absolute Gasteiger partial charge is 0.497 e. The zero-order valence-corrected chi connectivity index (χ0v) is 17.0. The Kier molecular flexibility index (Phi) is 5.48. The number of carbonyl (C=O) groups is 2. The molecule has 2 N–H and O–H groups in total. The number of carboxylic acid groups (broad SMARTS) is 1. The molecule has 0 bridgehead atoms. The van der Waals surface area contributed by atoms with E-state index in [2.05, 4.69) is 4.99 Å². The summed E-state index contributed by atoms with van der Waals surface area (Å²) in [5.41, 5.74) is 0.271. The maximum absolute atomic E-state index is 12.4. The van der Waals surface area contributed by atoms with Gasteiger partial charge in [-0.15, -0.1) is 11.3 Å². The molecular formula is C19H18N2O5S2. The summed E-state index contributed by atoms with van der Waals surface area (Å²) < 4.78 is 6.57. The number of hydrogen-bond donors (Lipinski definition) is 2. The van der Waals surface area contributed by atoms with Gasteiger partial charge in [0.05, 0.1) is 17.3 Å². The van der Waals surface area contributed by atoms with Crippen molar-refractivity contribution in [1.82, 2.24) is 4.57 Å². The van der Waals surface area contributed by atoms with Crippen LogP contribution in [0, 0.1) is 9.87 Å². The molecule has 9 heteroatoms. The molecule has 2 aromatic rings. The summed E-state index contributed by atoms with van der Waals surface area (Å²) in [6, 6.07) is 4.21. The number of thiazole rings is 1. The number of amides is 1. The number of ether oxygens (including phenoxy) is 1. The van der Waals surface area contributed by atoms with E-state index in [1.807, 2.05) is 0 Å². The number of carboxylic acids is 1. The predicted octanol–water partition coefficient (Wildman–Crippen LogP) is 2.30. The Balaban J connectivity index is 2.11. The molecule has 1 amide bonds. The van der Waals surface area contributed by atoms with Gasteiger partial charge in [-0.1, -0.05) is 13.8 Å². The molecule has 1 aliphatic rings. The second-order valence-electron chi connectivity index (χ2n) is 6.54. The quantitative estimate of drug-likeness (QED) is 0.571. The lowest BCUT2D eigenvalue weighted by atomic mass is 10.0. The van der Waals surface area contributed by atoms with Crippen LogP contribution in [0.2, 0.25) is 0 Å². The number of aromatic nitrogens is 1. The summed E-state index contributed by atoms with van der Waals surface area (Å²) in [6.07, 6.45) is 3.14. The Bertz CT molecular complexity index is 1170. The Hall–Kier alpha value is -2.78. The van der Waals surface area contributed by atoms with Gasteiger partial charge in [0, 0.05) is 16.9 Å². The van der Waals surface area contributed by atoms with Crippen molar-refractivity contribution in [3.63, 3.8) is 0 Å². The van der Waals surface area contributed by atoms with Crippen molar-refractivity contribution in [3.05, 3.63) is 43.2 Å². The molecule has 2 heterocycles. The number of benzene rings is 1. The van der Waals surface area contributed by atoms with E-state index in [1.54, 1.807) is 38.1 Å². The number of nitrogens with zero attached hydrogens (tertiary/aromatic N) is 2. The smallest absolute Gasteiger partial charge is 0.327 e. The molecule has 1 unspecified atom stereocenters. The lowest BCUT2D eigenvalue weighted by molar-refractivity contribution is -0.142. The van der Waals surface area contributed by atoms with Crippen LogP contribution in [0.4, 0.5) is 0 Å². The van der Waals surface area contributed by atoms with Gasteiger partial charge in [0.15, 0.2) is 3.95 Å². The highest BCUT2D eigenvalue weighted by Gasteiger charge is 2.28. The second-order valence-corrected chi connectivity index (χ2v) is 8.21. The minimum absolute atomic E-state index is 0.218. The predicted molar refractivity (Wildman–Crippen MR) is 108 cm³/mol. The molecular weight excluding hydrogens is 400 g/mol. The summed E-state index contributed by atoms with van der Waals surface area (Å²) in [7, 11) is 1.53. The molecule has 7 nitrogen and oxygen atoms in total. The van der Waals surface area contributed by atoms with Crippen LogP contribution in [0.25, 0.3) is 12.2 Å². The number of hydrogen-bond acceptors (Lipinski definition) is 6. The Morgan fingerprint density at radius 2 is 2.11 bits per heavy atom. The third-order valence-electron chi connectivity index (χ3n) is 4.31. The Labute approximate surface area is 169 Å². The van der Waals surface area contributed by atoms with Crippen LogP contribution in [0.15, 0.2) is 28.8 Å². The molecule has 0 aliphatic carbocycles. The third-order valence-corrected chi connectivity index (χ3v) is 5.65. The van der Waals surface area contributed by atoms with Crippen molar-refractivity contribution in [2.24, 2.45) is 10.9 Å². The number of fused-ring (bicyclic) bond motifs is 1. The standard InChI is InChI=1S/C19H18N2O5S2/c1-9(2)15(18(24)25)21-17(23)14(28-19(21)27)7-11-6-10-4-5-12(26-3)8-13(10)20-16(11)22/h4-9,15,23H,1-3H3,(H,24,25). The fourth-order valence-corrected chi connectivity index (χ4v) is 4.28. The molecule has 3 rings (SSSR count). The molecule has 0 saturated heterocycles. The van der Waals surface area contributed by atoms with E-state index in [9.17, 15) is 19.8 Å². The molecule has 0 saturated carbocycles. The summed E-state index contributed by atoms with van der Waals surface area (Å²) >= 11 is 6.30. The zero-order chi connectivity index (χ0) is 20.6. The van der Waals surface area contributed by atoms with Crippen LogP contribution in [0.3, 0.4) is 0 Å². The maximum Gasteiger partial charge on any atom is 0.327 e. The van der Waals surface area contributed by atoms with Crippen LogP contribution >= 0.6 is 23.6 Å². The van der Waals surface area contributed by atoms with E-state index in [1.165, 1.54) is 17.8 Å². The fourth-order valence-electron chi connectivity index (χ4n) is 2.94. The van der Waals surface area contributed by atoms with Gasteiger partial charge in [-0.05, 0) is 42.4 Å². The van der Waals surface area contributed by atoms with E-state index in [0.717, 1.165) is 16.6 Å². The highest BCUT2D eigenvalue weighted by molar-refractivity contribution is 7.73. The zero-order valence-electron chi connectivity index (χ0n) is 15.4. The first-order valence-corrected chi connectivity index (χ1v) is 9.63. The summed E-state index contributed by atoms with van der Waals surface area (Å²) in [4.78, 5) is 28.4. The van der Waals surface area contributed by atoms with Crippen molar-refractivity contribution in [1.29, 1.82) is 0 Å². The van der Waals surface area contributed by atoms with Crippen LogP contribution < -0.4 is 15.3 Å². The number of aliphatic carboxylic acids is 1. The van der Waals surface area contributed by atoms with Gasteiger partial charge in [-0.25, -0.2) is 9.79 Å². The molecule has 0 radical (unpaired) electrons. The third kappa shape index (κ3) is 3.63. The molecule has 1 aromatic carbocycles. The van der Waals surface area contributed by atoms with Crippen LogP contribution in [-0.2, 0) is 9.59 Å². The van der Waals surface area contributed by atoms with Gasteiger partial charge in [-0.3, -0.25) is 9.36 Å². The van der Waals surface area contributed by atoms with Crippen molar-refractivity contribution in [2.45, 2.75) is 19.9 Å². The molecule has 28 heavy (non-hydrogen) atoms. The molecule has 1 aromatic heterocycles. The van der Waals surface area contributed by atoms with Gasteiger partial charge in [-0.2, -0.15) is 0 Å². The summed E-state index contributed by atoms with van der Waals surface area (Å²) in [5.74, 6) is -1.52. The first kappa shape index (κ1) is 20.0. The highest BCUT2D eigenvalue weighted by atomic mass is 32.1. The molecule has 0 spiro atoms. The van der Waals surface area contributed by atoms with E-state index in [4.69, 9.17) is 17.0 Å². The minimum Gasteiger partial charge on any atom is -0.497 e. The van der Waals surface area contributed by atoms with Gasteiger partial charge in [0.25, 0.3) is 5.91 Å². The summed E-state index contributed by atoms with van der Waals surface area (Å²) in [6.45, 7) is 3.47. The van der Waals surface area contributed by atoms with E-state index >= 15 is 0 Å². The SMILES string of the molecule is COc1ccc2c(c1)=NC(=O)C(=Cc1sc(=S)n(C(C(=O)O)C(C)C)c1O)C=2. The topological polar surface area (TPSA) is 101 Å². The summed E-state index contributed by atoms with van der Waals surface area (Å²) in [5, 5.41) is 21.3. The average Bonchev–Trinajstić information content (AvgIpc) is 2.89. The van der Waals surface area contributed by atoms with Crippen LogP contribution in [0.5, 0.6) is 11.6 Å². The normalized spacial score (nSPS) is 15.7. The average molecular weight is 418 g/mol. The first-order chi connectivity index (χ1) is 13.2. The molecule has 1 atom stereocenters. The number of aromatic hydroxyl groups is 1. The van der Waals surface area contributed by atoms with Crippen LogP contribution in [-0.4, -0.2) is 33.8 Å². The van der Waals surface area contributed by atoms with Gasteiger partial charge < -0.3 is 14.9 Å². The molecule has 146 valence electrons. The van der Waals surface area contributed by atoms with E-state index < -0.39 is 17.9 Å². The first-order valence-electron chi connectivity index (χ1n) is 8.40. The fraction of sp³-hybridized carbons (Fsp3) is 0.263. The van der Waals surface area contributed by atoms with Crippen molar-refractivity contribution in [2.75, 3.05) is 7.11 Å². The highest BCUT2D eigenvalue weighted by Crippen LogP contribution is 2.34. The van der Waals surface area contributed by atoms with E-state index in [-0.39, 0.29) is 21.3 Å². The molecule has 0 fully saturated rings. The van der Waals surface area contributed by atoms with E-state index in [0.29, 0.717) is 16.0 Å². The molecule has 1 aliphatic heterocycles. The number of carbonyl (C=O) groups excluding carboxylic acids is 1. The van der Waals surface area contributed by atoms with Crippen molar-refractivity contribution < 1.29 is 24.5 Å². The van der Waals surface area contributed by atoms with Crippen LogP contribution in [0.1, 0.15) is 24.8 Å². The number of methoxy groups -OCH3 is 1. The number of rotatable bonds is 5. The van der Waals surface area contributed by atoms with Crippen molar-refractivity contribution >= 4 is 47.6 Å². The minimum atomic E-state index is -1.09. The second kappa shape index (κ2) is 7.69. The lowest BCUT2D eigenvalue weighted by Gasteiger charge is -2.18. The monoisotopic (exact) mass is 418 g/mol. The van der Waals surface area contributed by atoms with Gasteiger partial charge >= 0.3 is 5.97 Å². The lowest BCUT2D eigenvalue weighted by Crippen LogP contribution is -2.30. The Morgan fingerprint density at radius 1 is 1.39 bits per heavy atom. The van der Waals surface area contributed by atoms with Gasteiger partial charge in [0.1, 0.15) is 11.8 Å². The van der Waals surface area contributed by atoms with Crippen molar-refractivity contribution in [3.8, 4) is 11.6 Å². The maximum atomic E-state index is 12.4. The van der Waals surface area contributed by atoms with Gasteiger partial charge in [0.2, 0.25) is 5.88 Å². The Morgan fingerprint density at radius 3 is 2.71 bits per heavy atom.